The van der Waals surface area contributed by atoms with E-state index in [0.717, 1.165) is 22.5 Å². The summed E-state index contributed by atoms with van der Waals surface area (Å²) < 4.78 is 1.71. The third-order valence-electron chi connectivity index (χ3n) is 3.95. The molecule has 0 aliphatic rings. The van der Waals surface area contributed by atoms with E-state index in [1.807, 2.05) is 32.0 Å². The lowest BCUT2D eigenvalue weighted by molar-refractivity contribution is -0.123. The summed E-state index contributed by atoms with van der Waals surface area (Å²) in [5.74, 6) is -0.491. The quantitative estimate of drug-likeness (QED) is 0.738. The van der Waals surface area contributed by atoms with Crippen molar-refractivity contribution >= 4 is 40.8 Å². The Hall–Kier alpha value is -2.05. The number of anilines is 1. The molecule has 27 heavy (non-hydrogen) atoms. The number of alkyl halides is 2. The van der Waals surface area contributed by atoms with Crippen molar-refractivity contribution in [3.63, 3.8) is 0 Å². The van der Waals surface area contributed by atoms with Gasteiger partial charge in [0.1, 0.15) is 5.82 Å². The van der Waals surface area contributed by atoms with Crippen LogP contribution in [0.5, 0.6) is 0 Å². The van der Waals surface area contributed by atoms with Gasteiger partial charge in [0.25, 0.3) is 5.91 Å². The molecular weight excluding hydrogens is 387 g/mol. The Bertz CT molecular complexity index is 854. The van der Waals surface area contributed by atoms with Crippen LogP contribution in [0.1, 0.15) is 37.6 Å². The first-order valence-electron chi connectivity index (χ1n) is 8.53. The van der Waals surface area contributed by atoms with Crippen molar-refractivity contribution in [1.82, 2.24) is 15.1 Å². The van der Waals surface area contributed by atoms with Crippen molar-refractivity contribution in [2.75, 3.05) is 11.9 Å². The second-order valence-electron chi connectivity index (χ2n) is 7.43. The number of amides is 2. The van der Waals surface area contributed by atoms with Gasteiger partial charge in [0, 0.05) is 11.5 Å². The summed E-state index contributed by atoms with van der Waals surface area (Å²) in [6.45, 7) is 9.93. The molecule has 2 aromatic rings. The van der Waals surface area contributed by atoms with E-state index in [0.29, 0.717) is 5.82 Å². The number of halogens is 2. The number of hydrogen-bond donors (Lipinski definition) is 2. The van der Waals surface area contributed by atoms with Crippen molar-refractivity contribution in [2.45, 2.75) is 44.9 Å². The van der Waals surface area contributed by atoms with Crippen molar-refractivity contribution in [3.05, 3.63) is 41.1 Å². The van der Waals surface area contributed by atoms with Crippen LogP contribution in [0.2, 0.25) is 0 Å². The summed E-state index contributed by atoms with van der Waals surface area (Å²) in [7, 11) is 0. The lowest BCUT2D eigenvalue weighted by Crippen LogP contribution is -2.36. The zero-order chi connectivity index (χ0) is 20.4. The molecule has 2 rings (SSSR count). The van der Waals surface area contributed by atoms with Crippen LogP contribution in [0.15, 0.2) is 24.3 Å². The minimum atomic E-state index is -1.22. The van der Waals surface area contributed by atoms with Crippen molar-refractivity contribution in [3.8, 4) is 5.69 Å². The highest BCUT2D eigenvalue weighted by molar-refractivity contribution is 6.53. The highest BCUT2D eigenvalue weighted by Gasteiger charge is 2.22. The van der Waals surface area contributed by atoms with Gasteiger partial charge in [-0.25, -0.2) is 4.68 Å². The Morgan fingerprint density at radius 1 is 1.19 bits per heavy atom. The van der Waals surface area contributed by atoms with Crippen molar-refractivity contribution in [2.24, 2.45) is 0 Å². The Morgan fingerprint density at radius 2 is 1.85 bits per heavy atom. The molecule has 2 amide bonds. The molecule has 0 aliphatic carbocycles. The number of nitrogens with zero attached hydrogens (tertiary/aromatic N) is 2. The van der Waals surface area contributed by atoms with E-state index in [1.165, 1.54) is 0 Å². The highest BCUT2D eigenvalue weighted by atomic mass is 35.5. The number of aryl methyl sites for hydroxylation is 2. The molecule has 0 saturated heterocycles. The second-order valence-corrected chi connectivity index (χ2v) is 8.53. The largest absolute Gasteiger partial charge is 0.345 e. The van der Waals surface area contributed by atoms with Gasteiger partial charge in [0.05, 0.1) is 17.9 Å². The topological polar surface area (TPSA) is 76.0 Å². The molecular formula is C19H24Cl2N4O2. The first kappa shape index (κ1) is 21.3. The Morgan fingerprint density at radius 3 is 2.41 bits per heavy atom. The summed E-state index contributed by atoms with van der Waals surface area (Å²) in [4.78, 5) is 22.5. The standard InChI is InChI=1S/C19H24Cl2N4O2/c1-11-6-7-13(12(2)8-11)25-15(9-14(24-25)19(3,4)5)23-16(26)10-22-18(27)17(20)21/h6-9,17H,10H2,1-5H3,(H,22,27)(H,23,26). The van der Waals surface area contributed by atoms with Gasteiger partial charge in [-0.15, -0.1) is 0 Å². The lowest BCUT2D eigenvalue weighted by atomic mass is 9.92. The third kappa shape index (κ3) is 5.47. The van der Waals surface area contributed by atoms with Gasteiger partial charge in [-0.05, 0) is 25.5 Å². The van der Waals surface area contributed by atoms with E-state index < -0.39 is 16.7 Å². The summed E-state index contributed by atoms with van der Waals surface area (Å²) in [5, 5.41) is 9.86. The zero-order valence-electron chi connectivity index (χ0n) is 16.1. The Labute approximate surface area is 169 Å². The first-order valence-corrected chi connectivity index (χ1v) is 9.40. The molecule has 0 saturated carbocycles. The van der Waals surface area contributed by atoms with E-state index in [9.17, 15) is 9.59 Å². The van der Waals surface area contributed by atoms with Gasteiger partial charge in [0.2, 0.25) is 5.91 Å². The predicted octanol–water partition coefficient (Wildman–Crippen LogP) is 3.65. The van der Waals surface area contributed by atoms with Crippen LogP contribution in [0.4, 0.5) is 5.82 Å². The van der Waals surface area contributed by atoms with Gasteiger partial charge < -0.3 is 10.6 Å². The molecule has 146 valence electrons. The number of carbonyl (C=O) groups excluding carboxylic acids is 2. The lowest BCUT2D eigenvalue weighted by Gasteiger charge is -2.14. The van der Waals surface area contributed by atoms with E-state index >= 15 is 0 Å². The summed E-state index contributed by atoms with van der Waals surface area (Å²) in [5.41, 5.74) is 3.70. The van der Waals surface area contributed by atoms with Crippen LogP contribution in [0.3, 0.4) is 0 Å². The van der Waals surface area contributed by atoms with Gasteiger partial charge in [0.15, 0.2) is 4.84 Å². The van der Waals surface area contributed by atoms with Gasteiger partial charge >= 0.3 is 0 Å². The summed E-state index contributed by atoms with van der Waals surface area (Å²) in [6.07, 6.45) is 0. The minimum absolute atomic E-state index is 0.192. The molecule has 0 aliphatic heterocycles. The maximum atomic E-state index is 12.3. The molecule has 0 spiro atoms. The molecule has 0 fully saturated rings. The molecule has 0 unspecified atom stereocenters. The molecule has 1 heterocycles. The number of nitrogens with one attached hydrogen (secondary N) is 2. The zero-order valence-corrected chi connectivity index (χ0v) is 17.6. The van der Waals surface area contributed by atoms with E-state index in [1.54, 1.807) is 4.68 Å². The van der Waals surface area contributed by atoms with E-state index in [-0.39, 0.29) is 12.0 Å². The Balaban J connectivity index is 2.33. The smallest absolute Gasteiger partial charge is 0.253 e. The van der Waals surface area contributed by atoms with Gasteiger partial charge in [-0.2, -0.15) is 5.10 Å². The molecule has 1 aromatic carbocycles. The molecule has 6 nitrogen and oxygen atoms in total. The second kappa shape index (κ2) is 8.31. The summed E-state index contributed by atoms with van der Waals surface area (Å²) in [6, 6.07) is 7.85. The highest BCUT2D eigenvalue weighted by Crippen LogP contribution is 2.27. The van der Waals surface area contributed by atoms with Crippen LogP contribution in [-0.4, -0.2) is 33.0 Å². The monoisotopic (exact) mass is 410 g/mol. The maximum absolute atomic E-state index is 12.3. The molecule has 2 N–H and O–H groups in total. The molecule has 0 bridgehead atoms. The first-order chi connectivity index (χ1) is 12.5. The number of rotatable bonds is 5. The van der Waals surface area contributed by atoms with Crippen LogP contribution < -0.4 is 10.6 Å². The fraction of sp³-hybridized carbons (Fsp3) is 0.421. The average Bonchev–Trinajstić information content (AvgIpc) is 2.96. The number of benzene rings is 1. The maximum Gasteiger partial charge on any atom is 0.253 e. The fourth-order valence-electron chi connectivity index (χ4n) is 2.49. The van der Waals surface area contributed by atoms with Crippen molar-refractivity contribution in [1.29, 1.82) is 0 Å². The third-order valence-corrected chi connectivity index (χ3v) is 4.34. The van der Waals surface area contributed by atoms with Crippen LogP contribution >= 0.6 is 23.2 Å². The fourth-order valence-corrected chi connectivity index (χ4v) is 2.65. The predicted molar refractivity (Wildman–Crippen MR) is 109 cm³/mol. The normalized spacial score (nSPS) is 11.6. The van der Waals surface area contributed by atoms with E-state index in [2.05, 4.69) is 37.5 Å². The molecule has 1 aromatic heterocycles. The van der Waals surface area contributed by atoms with Crippen LogP contribution in [-0.2, 0) is 15.0 Å². The van der Waals surface area contributed by atoms with Gasteiger partial charge in [-0.1, -0.05) is 61.7 Å². The summed E-state index contributed by atoms with van der Waals surface area (Å²) >= 11 is 10.9. The SMILES string of the molecule is Cc1ccc(-n2nc(C(C)(C)C)cc2NC(=O)CNC(=O)C(Cl)Cl)c(C)c1. The number of hydrogen-bond acceptors (Lipinski definition) is 3. The van der Waals surface area contributed by atoms with Crippen LogP contribution in [0.25, 0.3) is 5.69 Å². The Kier molecular flexibility index (Phi) is 6.54. The molecule has 0 atom stereocenters. The molecule has 0 radical (unpaired) electrons. The minimum Gasteiger partial charge on any atom is -0.345 e. The number of aromatic nitrogens is 2. The van der Waals surface area contributed by atoms with E-state index in [4.69, 9.17) is 28.3 Å². The van der Waals surface area contributed by atoms with Gasteiger partial charge in [-0.3, -0.25) is 9.59 Å². The van der Waals surface area contributed by atoms with Crippen LogP contribution in [0, 0.1) is 13.8 Å². The number of carbonyl (C=O) groups is 2. The molecule has 8 heteroatoms. The van der Waals surface area contributed by atoms with Crippen molar-refractivity contribution < 1.29 is 9.59 Å². The average molecular weight is 411 g/mol.